The summed E-state index contributed by atoms with van der Waals surface area (Å²) in [6.45, 7) is 0. The Bertz CT molecular complexity index is 978. The summed E-state index contributed by atoms with van der Waals surface area (Å²) < 4.78 is 11.4. The van der Waals surface area contributed by atoms with Gasteiger partial charge in [0, 0.05) is 17.5 Å². The van der Waals surface area contributed by atoms with Crippen molar-refractivity contribution in [2.24, 2.45) is 0 Å². The van der Waals surface area contributed by atoms with Crippen molar-refractivity contribution in [1.82, 2.24) is 14.9 Å². The Morgan fingerprint density at radius 2 is 1.81 bits per heavy atom. The molecule has 0 unspecified atom stereocenters. The number of hydrogen-bond donors (Lipinski definition) is 2. The van der Waals surface area contributed by atoms with E-state index < -0.39 is 5.56 Å². The lowest BCUT2D eigenvalue weighted by atomic mass is 10.2. The van der Waals surface area contributed by atoms with Crippen LogP contribution in [0.1, 0.15) is 5.56 Å². The highest BCUT2D eigenvalue weighted by atomic mass is 32.2. The Labute approximate surface area is 160 Å². The maximum absolute atomic E-state index is 12.5. The van der Waals surface area contributed by atoms with E-state index in [9.17, 15) is 4.79 Å². The molecular formula is C18H19N5O3S. The van der Waals surface area contributed by atoms with Crippen molar-refractivity contribution < 1.29 is 9.47 Å². The summed E-state index contributed by atoms with van der Waals surface area (Å²) in [6, 6.07) is 15.0. The van der Waals surface area contributed by atoms with E-state index in [1.54, 1.807) is 25.3 Å². The van der Waals surface area contributed by atoms with Gasteiger partial charge in [-0.15, -0.1) is 10.2 Å². The Balaban J connectivity index is 1.78. The molecule has 0 spiro atoms. The molecule has 0 fully saturated rings. The smallest absolute Gasteiger partial charge is 0.315 e. The minimum absolute atomic E-state index is 0.0220. The second kappa shape index (κ2) is 8.45. The van der Waals surface area contributed by atoms with Gasteiger partial charge in [-0.25, -0.2) is 0 Å². The van der Waals surface area contributed by atoms with Gasteiger partial charge in [-0.2, -0.15) is 4.68 Å². The number of anilines is 2. The van der Waals surface area contributed by atoms with E-state index in [2.05, 4.69) is 15.5 Å². The van der Waals surface area contributed by atoms with E-state index in [1.807, 2.05) is 30.3 Å². The number of thioether (sulfide) groups is 1. The van der Waals surface area contributed by atoms with Gasteiger partial charge in [0.1, 0.15) is 0 Å². The van der Waals surface area contributed by atoms with Crippen LogP contribution in [-0.4, -0.2) is 29.1 Å². The van der Waals surface area contributed by atoms with Crippen LogP contribution in [-0.2, 0) is 5.75 Å². The van der Waals surface area contributed by atoms with Crippen LogP contribution < -0.4 is 26.2 Å². The Morgan fingerprint density at radius 1 is 1.07 bits per heavy atom. The zero-order chi connectivity index (χ0) is 19.2. The number of aromatic nitrogens is 3. The van der Waals surface area contributed by atoms with Crippen LogP contribution in [0.15, 0.2) is 58.5 Å². The number of methoxy groups -OCH3 is 2. The lowest BCUT2D eigenvalue weighted by Gasteiger charge is -2.11. The fourth-order valence-corrected chi connectivity index (χ4v) is 3.14. The fourth-order valence-electron chi connectivity index (χ4n) is 2.33. The van der Waals surface area contributed by atoms with E-state index in [1.165, 1.54) is 18.9 Å². The molecule has 3 aromatic rings. The van der Waals surface area contributed by atoms with Gasteiger partial charge >= 0.3 is 5.56 Å². The monoisotopic (exact) mass is 385 g/mol. The van der Waals surface area contributed by atoms with Gasteiger partial charge in [-0.1, -0.05) is 42.1 Å². The first-order valence-electron chi connectivity index (χ1n) is 8.03. The minimum Gasteiger partial charge on any atom is -0.493 e. The largest absolute Gasteiger partial charge is 0.493 e. The number of rotatable bonds is 7. The van der Waals surface area contributed by atoms with Crippen molar-refractivity contribution in [3.05, 3.63) is 64.4 Å². The normalized spacial score (nSPS) is 10.4. The van der Waals surface area contributed by atoms with Crippen molar-refractivity contribution in [3.8, 4) is 11.5 Å². The van der Waals surface area contributed by atoms with Gasteiger partial charge in [0.25, 0.3) is 0 Å². The molecule has 0 aliphatic carbocycles. The van der Waals surface area contributed by atoms with E-state index >= 15 is 0 Å². The standard InChI is InChI=1S/C18H19N5O3S/c1-25-14-9-8-13(10-15(14)26-2)20-16-17(24)23(19)18(22-21-16)27-11-12-6-4-3-5-7-12/h3-10H,11,19H2,1-2H3,(H,20,21). The first-order chi connectivity index (χ1) is 13.1. The Kier molecular flexibility index (Phi) is 5.82. The highest BCUT2D eigenvalue weighted by molar-refractivity contribution is 7.98. The molecule has 27 heavy (non-hydrogen) atoms. The average molecular weight is 385 g/mol. The molecule has 0 radical (unpaired) electrons. The molecule has 0 bridgehead atoms. The molecule has 0 atom stereocenters. The molecular weight excluding hydrogens is 366 g/mol. The third-order valence-corrected chi connectivity index (χ3v) is 4.73. The molecule has 8 nitrogen and oxygen atoms in total. The number of nitrogens with two attached hydrogens (primary N) is 1. The predicted molar refractivity (Wildman–Crippen MR) is 105 cm³/mol. The van der Waals surface area contributed by atoms with E-state index in [-0.39, 0.29) is 5.82 Å². The van der Waals surface area contributed by atoms with Crippen LogP contribution >= 0.6 is 11.8 Å². The van der Waals surface area contributed by atoms with Crippen molar-refractivity contribution in [2.75, 3.05) is 25.4 Å². The van der Waals surface area contributed by atoms with Crippen LogP contribution in [0.25, 0.3) is 0 Å². The topological polar surface area (TPSA) is 104 Å². The van der Waals surface area contributed by atoms with Gasteiger partial charge in [0.05, 0.1) is 14.2 Å². The van der Waals surface area contributed by atoms with Gasteiger partial charge in [0.2, 0.25) is 11.0 Å². The van der Waals surface area contributed by atoms with E-state index in [0.29, 0.717) is 28.1 Å². The van der Waals surface area contributed by atoms with Crippen molar-refractivity contribution in [2.45, 2.75) is 10.9 Å². The zero-order valence-corrected chi connectivity index (χ0v) is 15.7. The summed E-state index contributed by atoms with van der Waals surface area (Å²) in [4.78, 5) is 12.5. The highest BCUT2D eigenvalue weighted by Gasteiger charge is 2.12. The molecule has 140 valence electrons. The number of benzene rings is 2. The fraction of sp³-hybridized carbons (Fsp3) is 0.167. The number of nitrogens with one attached hydrogen (secondary N) is 1. The summed E-state index contributed by atoms with van der Waals surface area (Å²) in [5.41, 5.74) is 1.23. The van der Waals surface area contributed by atoms with Gasteiger partial charge in [0.15, 0.2) is 11.5 Å². The predicted octanol–water partition coefficient (Wildman–Crippen LogP) is 2.41. The first kappa shape index (κ1) is 18.6. The molecule has 3 N–H and O–H groups in total. The third kappa shape index (κ3) is 4.32. The number of nitrogen functional groups attached to an aromatic ring is 1. The van der Waals surface area contributed by atoms with Crippen molar-refractivity contribution >= 4 is 23.3 Å². The molecule has 1 heterocycles. The SMILES string of the molecule is COc1ccc(Nc2nnc(SCc3ccccc3)n(N)c2=O)cc1OC. The quantitative estimate of drug-likeness (QED) is 0.472. The summed E-state index contributed by atoms with van der Waals surface area (Å²) in [5.74, 6) is 7.66. The maximum Gasteiger partial charge on any atom is 0.315 e. The van der Waals surface area contributed by atoms with E-state index in [0.717, 1.165) is 10.2 Å². The molecule has 9 heteroatoms. The lowest BCUT2D eigenvalue weighted by Crippen LogP contribution is -2.32. The lowest BCUT2D eigenvalue weighted by molar-refractivity contribution is 0.355. The van der Waals surface area contributed by atoms with E-state index in [4.69, 9.17) is 15.3 Å². The number of hydrogen-bond acceptors (Lipinski definition) is 8. The molecule has 3 rings (SSSR count). The summed E-state index contributed by atoms with van der Waals surface area (Å²) >= 11 is 1.34. The van der Waals surface area contributed by atoms with Crippen molar-refractivity contribution in [1.29, 1.82) is 0 Å². The van der Waals surface area contributed by atoms with Gasteiger partial charge in [-0.3, -0.25) is 4.79 Å². The summed E-state index contributed by atoms with van der Waals surface area (Å²) in [6.07, 6.45) is 0. The second-order valence-corrected chi connectivity index (χ2v) is 6.42. The summed E-state index contributed by atoms with van der Waals surface area (Å²) in [5, 5.41) is 11.3. The Hall–Kier alpha value is -3.20. The van der Waals surface area contributed by atoms with Crippen LogP contribution in [0.2, 0.25) is 0 Å². The van der Waals surface area contributed by atoms with Crippen LogP contribution in [0.3, 0.4) is 0 Å². The molecule has 2 aromatic carbocycles. The zero-order valence-electron chi connectivity index (χ0n) is 14.9. The van der Waals surface area contributed by atoms with Gasteiger partial charge in [-0.05, 0) is 17.7 Å². The molecule has 0 saturated carbocycles. The molecule has 0 aliphatic rings. The van der Waals surface area contributed by atoms with Gasteiger partial charge < -0.3 is 20.6 Å². The average Bonchev–Trinajstić information content (AvgIpc) is 2.71. The van der Waals surface area contributed by atoms with Crippen LogP contribution in [0.5, 0.6) is 11.5 Å². The highest BCUT2D eigenvalue weighted by Crippen LogP contribution is 2.30. The number of ether oxygens (including phenoxy) is 2. The Morgan fingerprint density at radius 3 is 2.52 bits per heavy atom. The molecule has 0 saturated heterocycles. The van der Waals surface area contributed by atoms with Crippen LogP contribution in [0.4, 0.5) is 11.5 Å². The first-order valence-corrected chi connectivity index (χ1v) is 9.01. The second-order valence-electron chi connectivity index (χ2n) is 5.48. The minimum atomic E-state index is -0.477. The van der Waals surface area contributed by atoms with Crippen molar-refractivity contribution in [3.63, 3.8) is 0 Å². The third-order valence-electron chi connectivity index (χ3n) is 3.72. The summed E-state index contributed by atoms with van der Waals surface area (Å²) in [7, 11) is 3.09. The molecule has 1 aromatic heterocycles. The molecule has 0 aliphatic heterocycles. The number of nitrogens with zero attached hydrogens (tertiary/aromatic N) is 3. The maximum atomic E-state index is 12.5. The van der Waals surface area contributed by atoms with Crippen LogP contribution in [0, 0.1) is 0 Å². The molecule has 0 amide bonds.